The van der Waals surface area contributed by atoms with Gasteiger partial charge in [-0.25, -0.2) is 4.79 Å². The van der Waals surface area contributed by atoms with Crippen molar-refractivity contribution in [1.29, 1.82) is 0 Å². The summed E-state index contributed by atoms with van der Waals surface area (Å²) in [5.74, 6) is 0. The summed E-state index contributed by atoms with van der Waals surface area (Å²) in [6, 6.07) is 0.0879. The van der Waals surface area contributed by atoms with Gasteiger partial charge in [-0.15, -0.1) is 0 Å². The molecule has 0 aliphatic carbocycles. The first-order chi connectivity index (χ1) is 10.7. The zero-order valence-electron chi connectivity index (χ0n) is 13.0. The van der Waals surface area contributed by atoms with Crippen LogP contribution < -0.4 is 5.32 Å². The molecule has 0 bridgehead atoms. The number of piperidine rings is 1. The third kappa shape index (κ3) is 2.84. The van der Waals surface area contributed by atoms with E-state index < -0.39 is 0 Å². The third-order valence-corrected chi connectivity index (χ3v) is 4.36. The molecule has 0 unspecified atom stereocenters. The first-order valence-electron chi connectivity index (χ1n) is 7.70. The number of aryl methyl sites for hydroxylation is 2. The third-order valence-electron chi connectivity index (χ3n) is 4.36. The van der Waals surface area contributed by atoms with Crippen LogP contribution in [0.5, 0.6) is 0 Å². The summed E-state index contributed by atoms with van der Waals surface area (Å²) in [6.45, 7) is 5.20. The van der Waals surface area contributed by atoms with Crippen molar-refractivity contribution in [3.8, 4) is 0 Å². The van der Waals surface area contributed by atoms with Gasteiger partial charge < -0.3 is 10.2 Å². The fourth-order valence-corrected chi connectivity index (χ4v) is 3.06. The van der Waals surface area contributed by atoms with Crippen LogP contribution in [0.3, 0.4) is 0 Å². The normalized spacial score (nSPS) is 18.5. The van der Waals surface area contributed by atoms with Gasteiger partial charge in [-0.05, 0) is 33.1 Å². The molecular formula is C15H22N6O. The van der Waals surface area contributed by atoms with Gasteiger partial charge in [-0.3, -0.25) is 10.2 Å². The quantitative estimate of drug-likeness (QED) is 0.812. The molecule has 3 N–H and O–H groups in total. The molecule has 22 heavy (non-hydrogen) atoms. The highest BCUT2D eigenvalue weighted by molar-refractivity contribution is 5.75. The molecule has 2 aromatic rings. The minimum atomic E-state index is -0.0223. The smallest absolute Gasteiger partial charge is 0.318 e. The summed E-state index contributed by atoms with van der Waals surface area (Å²) in [5, 5.41) is 17.0. The number of H-pyrrole nitrogens is 2. The van der Waals surface area contributed by atoms with Gasteiger partial charge in [0.15, 0.2) is 0 Å². The molecule has 1 fully saturated rings. The van der Waals surface area contributed by atoms with Crippen LogP contribution in [0.15, 0.2) is 12.4 Å². The predicted octanol–water partition coefficient (Wildman–Crippen LogP) is 2.19. The number of carbonyl (C=O) groups excluding carboxylic acids is 1. The predicted molar refractivity (Wildman–Crippen MR) is 82.2 cm³/mol. The Morgan fingerprint density at radius 2 is 2.32 bits per heavy atom. The number of aromatic amines is 2. The molecule has 1 saturated heterocycles. The van der Waals surface area contributed by atoms with Crippen LogP contribution in [0.1, 0.15) is 47.8 Å². The van der Waals surface area contributed by atoms with Crippen molar-refractivity contribution in [3.63, 3.8) is 0 Å². The van der Waals surface area contributed by atoms with E-state index in [9.17, 15) is 4.79 Å². The second-order valence-corrected chi connectivity index (χ2v) is 5.81. The van der Waals surface area contributed by atoms with Crippen molar-refractivity contribution in [3.05, 3.63) is 34.9 Å². The van der Waals surface area contributed by atoms with Gasteiger partial charge in [0, 0.05) is 36.1 Å². The van der Waals surface area contributed by atoms with Crippen LogP contribution in [0.4, 0.5) is 4.79 Å². The molecule has 2 amide bonds. The maximum absolute atomic E-state index is 12.6. The summed E-state index contributed by atoms with van der Waals surface area (Å²) in [7, 11) is 0. The molecule has 0 saturated carbocycles. The van der Waals surface area contributed by atoms with E-state index >= 15 is 0 Å². The monoisotopic (exact) mass is 302 g/mol. The molecular weight excluding hydrogens is 280 g/mol. The standard InChI is InChI=1S/C15H22N6O/c1-10-13(11(2)20-19-10)9-16-15(22)21-6-4-3-5-14(21)12-7-17-18-8-12/h7-8,14H,3-6,9H2,1-2H3,(H,16,22)(H,17,18)(H,19,20)/t14-/m0/s1. The Morgan fingerprint density at radius 3 is 3.00 bits per heavy atom. The van der Waals surface area contributed by atoms with Crippen LogP contribution >= 0.6 is 0 Å². The van der Waals surface area contributed by atoms with E-state index in [1.54, 1.807) is 6.20 Å². The molecule has 7 nitrogen and oxygen atoms in total. The lowest BCUT2D eigenvalue weighted by molar-refractivity contribution is 0.151. The lowest BCUT2D eigenvalue weighted by Crippen LogP contribution is -2.44. The van der Waals surface area contributed by atoms with E-state index in [0.717, 1.165) is 48.3 Å². The maximum atomic E-state index is 12.6. The lowest BCUT2D eigenvalue weighted by Gasteiger charge is -2.35. The van der Waals surface area contributed by atoms with E-state index in [1.807, 2.05) is 24.9 Å². The van der Waals surface area contributed by atoms with Gasteiger partial charge in [0.1, 0.15) is 0 Å². The number of hydrogen-bond acceptors (Lipinski definition) is 3. The van der Waals surface area contributed by atoms with Gasteiger partial charge in [-0.1, -0.05) is 0 Å². The maximum Gasteiger partial charge on any atom is 0.318 e. The summed E-state index contributed by atoms with van der Waals surface area (Å²) in [6.07, 6.45) is 6.85. The van der Waals surface area contributed by atoms with E-state index in [2.05, 4.69) is 25.7 Å². The van der Waals surface area contributed by atoms with Gasteiger partial charge in [-0.2, -0.15) is 10.2 Å². The molecule has 3 heterocycles. The lowest BCUT2D eigenvalue weighted by atomic mass is 9.98. The zero-order valence-corrected chi connectivity index (χ0v) is 13.0. The molecule has 7 heteroatoms. The minimum Gasteiger partial charge on any atom is -0.334 e. The molecule has 0 radical (unpaired) electrons. The topological polar surface area (TPSA) is 89.7 Å². The number of aromatic nitrogens is 4. The van der Waals surface area contributed by atoms with Crippen molar-refractivity contribution >= 4 is 6.03 Å². The van der Waals surface area contributed by atoms with E-state index in [-0.39, 0.29) is 12.1 Å². The molecule has 118 valence electrons. The summed E-state index contributed by atoms with van der Waals surface area (Å²) >= 11 is 0. The fourth-order valence-electron chi connectivity index (χ4n) is 3.06. The second kappa shape index (κ2) is 6.21. The summed E-state index contributed by atoms with van der Waals surface area (Å²) in [5.41, 5.74) is 4.07. The SMILES string of the molecule is Cc1n[nH]c(C)c1CNC(=O)N1CCCC[C@H]1c1cn[nH]c1. The van der Waals surface area contributed by atoms with Crippen molar-refractivity contribution < 1.29 is 4.79 Å². The second-order valence-electron chi connectivity index (χ2n) is 5.81. The first-order valence-corrected chi connectivity index (χ1v) is 7.70. The number of nitrogens with zero attached hydrogens (tertiary/aromatic N) is 3. The first kappa shape index (κ1) is 14.6. The molecule has 1 aliphatic rings. The number of amides is 2. The van der Waals surface area contributed by atoms with E-state index in [1.165, 1.54) is 0 Å². The van der Waals surface area contributed by atoms with Crippen LogP contribution in [-0.4, -0.2) is 37.9 Å². The number of carbonyl (C=O) groups is 1. The molecule has 1 atom stereocenters. The average Bonchev–Trinajstić information content (AvgIpc) is 3.16. The largest absolute Gasteiger partial charge is 0.334 e. The van der Waals surface area contributed by atoms with Crippen LogP contribution in [-0.2, 0) is 6.54 Å². The Morgan fingerprint density at radius 1 is 1.45 bits per heavy atom. The molecule has 2 aromatic heterocycles. The van der Waals surface area contributed by atoms with Crippen LogP contribution in [0.2, 0.25) is 0 Å². The number of urea groups is 1. The van der Waals surface area contributed by atoms with Gasteiger partial charge in [0.25, 0.3) is 0 Å². The average molecular weight is 302 g/mol. The number of hydrogen-bond donors (Lipinski definition) is 3. The number of nitrogens with one attached hydrogen (secondary N) is 3. The molecule has 0 spiro atoms. The van der Waals surface area contributed by atoms with E-state index in [0.29, 0.717) is 6.54 Å². The zero-order chi connectivity index (χ0) is 15.5. The summed E-state index contributed by atoms with van der Waals surface area (Å²) < 4.78 is 0. The van der Waals surface area contributed by atoms with Crippen molar-refractivity contribution in [2.75, 3.05) is 6.54 Å². The van der Waals surface area contributed by atoms with E-state index in [4.69, 9.17) is 0 Å². The molecule has 1 aliphatic heterocycles. The van der Waals surface area contributed by atoms with Crippen molar-refractivity contribution in [1.82, 2.24) is 30.6 Å². The Balaban J connectivity index is 1.67. The van der Waals surface area contributed by atoms with Gasteiger partial charge in [0.2, 0.25) is 0 Å². The van der Waals surface area contributed by atoms with Gasteiger partial charge >= 0.3 is 6.03 Å². The van der Waals surface area contributed by atoms with Gasteiger partial charge in [0.05, 0.1) is 17.9 Å². The summed E-state index contributed by atoms with van der Waals surface area (Å²) in [4.78, 5) is 14.5. The fraction of sp³-hybridized carbons (Fsp3) is 0.533. The Hall–Kier alpha value is -2.31. The van der Waals surface area contributed by atoms with Crippen LogP contribution in [0, 0.1) is 13.8 Å². The van der Waals surface area contributed by atoms with Crippen LogP contribution in [0.25, 0.3) is 0 Å². The highest BCUT2D eigenvalue weighted by Crippen LogP contribution is 2.30. The highest BCUT2D eigenvalue weighted by atomic mass is 16.2. The minimum absolute atomic E-state index is 0.0223. The number of rotatable bonds is 3. The Labute approximate surface area is 129 Å². The number of likely N-dealkylation sites (tertiary alicyclic amines) is 1. The Bertz CT molecular complexity index is 613. The molecule has 3 rings (SSSR count). The molecule has 0 aromatic carbocycles. The van der Waals surface area contributed by atoms with Crippen molar-refractivity contribution in [2.45, 2.75) is 45.7 Å². The highest BCUT2D eigenvalue weighted by Gasteiger charge is 2.28. The van der Waals surface area contributed by atoms with Crippen molar-refractivity contribution in [2.24, 2.45) is 0 Å². The Kier molecular flexibility index (Phi) is 4.13.